The fraction of sp³-hybridized carbons (Fsp3) is 0.333. The normalized spacial score (nSPS) is 13.6. The monoisotopic (exact) mass is 420 g/mol. The van der Waals surface area contributed by atoms with E-state index in [-0.39, 0.29) is 6.03 Å². The highest BCUT2D eigenvalue weighted by molar-refractivity contribution is 5.93. The molecular weight excluding hydrogens is 392 g/mol. The molecule has 0 spiro atoms. The molecule has 1 fully saturated rings. The summed E-state index contributed by atoms with van der Waals surface area (Å²) in [5, 5.41) is 5.90. The van der Waals surface area contributed by atoms with Gasteiger partial charge in [-0.1, -0.05) is 12.1 Å². The van der Waals surface area contributed by atoms with Crippen molar-refractivity contribution in [2.45, 2.75) is 25.7 Å². The van der Waals surface area contributed by atoms with Gasteiger partial charge in [-0.15, -0.1) is 0 Å². The van der Waals surface area contributed by atoms with Gasteiger partial charge in [-0.05, 0) is 55.7 Å². The Kier molecular flexibility index (Phi) is 6.72. The van der Waals surface area contributed by atoms with Crippen molar-refractivity contribution in [1.82, 2.24) is 10.3 Å². The summed E-state index contributed by atoms with van der Waals surface area (Å²) in [5.74, 6) is 1.34. The number of oxazole rings is 1. The van der Waals surface area contributed by atoms with Crippen LogP contribution >= 0.6 is 0 Å². The predicted octanol–water partition coefficient (Wildman–Crippen LogP) is 4.70. The molecule has 162 valence electrons. The minimum atomic E-state index is -0.219. The van der Waals surface area contributed by atoms with E-state index < -0.39 is 0 Å². The summed E-state index contributed by atoms with van der Waals surface area (Å²) in [4.78, 5) is 19.3. The molecule has 1 aromatic heterocycles. The first-order valence-corrected chi connectivity index (χ1v) is 10.7. The molecule has 4 rings (SSSR count). The van der Waals surface area contributed by atoms with E-state index in [4.69, 9.17) is 9.15 Å². The number of carbonyl (C=O) groups excluding carboxylic acids is 1. The van der Waals surface area contributed by atoms with Crippen LogP contribution in [0.3, 0.4) is 0 Å². The number of amides is 2. The van der Waals surface area contributed by atoms with Crippen LogP contribution in [0.1, 0.15) is 25.0 Å². The number of anilines is 2. The van der Waals surface area contributed by atoms with Crippen LogP contribution < -0.4 is 20.3 Å². The summed E-state index contributed by atoms with van der Waals surface area (Å²) in [7, 11) is 1.63. The number of hydrogen-bond acceptors (Lipinski definition) is 5. The highest BCUT2D eigenvalue weighted by atomic mass is 16.5. The second kappa shape index (κ2) is 10.0. The second-order valence-corrected chi connectivity index (χ2v) is 7.57. The van der Waals surface area contributed by atoms with Crippen LogP contribution in [0.4, 0.5) is 16.2 Å². The van der Waals surface area contributed by atoms with Gasteiger partial charge in [0.05, 0.1) is 24.2 Å². The smallest absolute Gasteiger partial charge is 0.319 e. The van der Waals surface area contributed by atoms with Crippen LogP contribution in [0.5, 0.6) is 5.75 Å². The molecule has 1 saturated heterocycles. The third-order valence-electron chi connectivity index (χ3n) is 5.40. The minimum absolute atomic E-state index is 0.219. The van der Waals surface area contributed by atoms with E-state index in [1.165, 1.54) is 19.3 Å². The summed E-state index contributed by atoms with van der Waals surface area (Å²) in [5.41, 5.74) is 3.59. The fourth-order valence-corrected chi connectivity index (χ4v) is 3.75. The van der Waals surface area contributed by atoms with Gasteiger partial charge in [0.1, 0.15) is 12.0 Å². The van der Waals surface area contributed by atoms with E-state index >= 15 is 0 Å². The Bertz CT molecular complexity index is 994. The second-order valence-electron chi connectivity index (χ2n) is 7.57. The van der Waals surface area contributed by atoms with E-state index in [1.807, 2.05) is 42.5 Å². The highest BCUT2D eigenvalue weighted by Gasteiger charge is 2.15. The Morgan fingerprint density at radius 2 is 1.87 bits per heavy atom. The van der Waals surface area contributed by atoms with E-state index in [1.54, 1.807) is 13.4 Å². The van der Waals surface area contributed by atoms with Crippen molar-refractivity contribution in [2.24, 2.45) is 0 Å². The zero-order valence-electron chi connectivity index (χ0n) is 17.8. The maximum atomic E-state index is 12.4. The molecule has 3 aromatic rings. The molecule has 7 nitrogen and oxygen atoms in total. The lowest BCUT2D eigenvalue weighted by Gasteiger charge is -2.30. The van der Waals surface area contributed by atoms with Crippen LogP contribution in [0.25, 0.3) is 11.5 Å². The molecule has 0 unspecified atom stereocenters. The summed E-state index contributed by atoms with van der Waals surface area (Å²) < 4.78 is 10.7. The number of piperidine rings is 1. The topological polar surface area (TPSA) is 79.6 Å². The zero-order valence-corrected chi connectivity index (χ0v) is 17.8. The SMILES string of the molecule is COc1ccc(-c2nc(CCNC(=O)Nc3ccccc3N3CCCCC3)co2)cc1. The van der Waals surface area contributed by atoms with Crippen molar-refractivity contribution < 1.29 is 13.9 Å². The number of nitrogens with zero attached hydrogens (tertiary/aromatic N) is 2. The molecule has 2 amide bonds. The Hall–Kier alpha value is -3.48. The third kappa shape index (κ3) is 5.36. The summed E-state index contributed by atoms with van der Waals surface area (Å²) in [6.45, 7) is 2.53. The number of methoxy groups -OCH3 is 1. The molecule has 0 saturated carbocycles. The van der Waals surface area contributed by atoms with Crippen molar-refractivity contribution >= 4 is 17.4 Å². The maximum absolute atomic E-state index is 12.4. The van der Waals surface area contributed by atoms with Gasteiger partial charge in [-0.2, -0.15) is 0 Å². The van der Waals surface area contributed by atoms with Gasteiger partial charge >= 0.3 is 6.03 Å². The molecular formula is C24H28N4O3. The average Bonchev–Trinajstić information content (AvgIpc) is 3.29. The van der Waals surface area contributed by atoms with Crippen LogP contribution in [0.15, 0.2) is 59.2 Å². The Labute approximate surface area is 182 Å². The average molecular weight is 421 g/mol. The standard InChI is InChI=1S/C24H28N4O3/c1-30-20-11-9-18(10-12-20)23-26-19(17-31-23)13-14-25-24(29)27-21-7-3-4-8-22(21)28-15-5-2-6-16-28/h3-4,7-12,17H,2,5-6,13-16H2,1H3,(H2,25,27,29). The highest BCUT2D eigenvalue weighted by Crippen LogP contribution is 2.28. The fourth-order valence-electron chi connectivity index (χ4n) is 3.75. The molecule has 2 aromatic carbocycles. The van der Waals surface area contributed by atoms with Crippen molar-refractivity contribution in [3.8, 4) is 17.2 Å². The number of hydrogen-bond donors (Lipinski definition) is 2. The summed E-state index contributed by atoms with van der Waals surface area (Å²) >= 11 is 0. The van der Waals surface area contributed by atoms with Gasteiger partial charge in [0.15, 0.2) is 0 Å². The lowest BCUT2D eigenvalue weighted by molar-refractivity contribution is 0.252. The minimum Gasteiger partial charge on any atom is -0.497 e. The van der Waals surface area contributed by atoms with E-state index in [9.17, 15) is 4.79 Å². The van der Waals surface area contributed by atoms with Crippen molar-refractivity contribution in [3.63, 3.8) is 0 Å². The van der Waals surface area contributed by atoms with Gasteiger partial charge in [-0.25, -0.2) is 9.78 Å². The largest absolute Gasteiger partial charge is 0.497 e. The number of aromatic nitrogens is 1. The van der Waals surface area contributed by atoms with Gasteiger partial charge in [0.2, 0.25) is 5.89 Å². The van der Waals surface area contributed by atoms with Gasteiger partial charge < -0.3 is 24.7 Å². The van der Waals surface area contributed by atoms with Crippen LogP contribution in [-0.2, 0) is 6.42 Å². The molecule has 0 radical (unpaired) electrons. The Balaban J connectivity index is 1.29. The van der Waals surface area contributed by atoms with Gasteiger partial charge in [-0.3, -0.25) is 0 Å². The van der Waals surface area contributed by atoms with E-state index in [0.717, 1.165) is 41.5 Å². The predicted molar refractivity (Wildman–Crippen MR) is 122 cm³/mol. The Morgan fingerprint density at radius 1 is 1.10 bits per heavy atom. The van der Waals surface area contributed by atoms with Gasteiger partial charge in [0.25, 0.3) is 0 Å². The first-order chi connectivity index (χ1) is 15.2. The number of benzene rings is 2. The molecule has 1 aliphatic rings. The quantitative estimate of drug-likeness (QED) is 0.579. The molecule has 2 N–H and O–H groups in total. The van der Waals surface area contributed by atoms with Crippen LogP contribution in [-0.4, -0.2) is 37.8 Å². The third-order valence-corrected chi connectivity index (χ3v) is 5.40. The molecule has 0 aliphatic carbocycles. The van der Waals surface area contributed by atoms with Gasteiger partial charge in [0, 0.05) is 31.6 Å². The molecule has 7 heteroatoms. The number of ether oxygens (including phenoxy) is 1. The number of nitrogens with one attached hydrogen (secondary N) is 2. The lowest BCUT2D eigenvalue weighted by Crippen LogP contribution is -2.33. The number of carbonyl (C=O) groups is 1. The summed E-state index contributed by atoms with van der Waals surface area (Å²) in [6, 6.07) is 15.3. The first-order valence-electron chi connectivity index (χ1n) is 10.7. The van der Waals surface area contributed by atoms with Crippen molar-refractivity contribution in [3.05, 3.63) is 60.5 Å². The lowest BCUT2D eigenvalue weighted by atomic mass is 10.1. The van der Waals surface area contributed by atoms with E-state index in [2.05, 4.69) is 26.6 Å². The van der Waals surface area contributed by atoms with Crippen LogP contribution in [0, 0.1) is 0 Å². The zero-order chi connectivity index (χ0) is 21.5. The maximum Gasteiger partial charge on any atom is 0.319 e. The number of urea groups is 1. The number of para-hydroxylation sites is 2. The molecule has 1 aliphatic heterocycles. The van der Waals surface area contributed by atoms with Crippen molar-refractivity contribution in [2.75, 3.05) is 37.0 Å². The Morgan fingerprint density at radius 3 is 2.65 bits per heavy atom. The first kappa shape index (κ1) is 20.8. The molecule has 0 bridgehead atoms. The van der Waals surface area contributed by atoms with E-state index in [0.29, 0.717) is 18.9 Å². The summed E-state index contributed by atoms with van der Waals surface area (Å²) in [6.07, 6.45) is 5.87. The molecule has 2 heterocycles. The van der Waals surface area contributed by atoms with Crippen molar-refractivity contribution in [1.29, 1.82) is 0 Å². The van der Waals surface area contributed by atoms with Crippen LogP contribution in [0.2, 0.25) is 0 Å². The molecule has 0 atom stereocenters. The molecule has 31 heavy (non-hydrogen) atoms. The number of rotatable bonds is 7.